The molecule has 3 N–H and O–H groups in total. The Balaban J connectivity index is 3.12. The molecule has 18 heavy (non-hydrogen) atoms. The van der Waals surface area contributed by atoms with Crippen LogP contribution in [0.5, 0.6) is 0 Å². The first-order valence-electron chi connectivity index (χ1n) is 6.22. The molecule has 0 radical (unpaired) electrons. The highest BCUT2D eigenvalue weighted by atomic mass is 16.6. The van der Waals surface area contributed by atoms with Crippen molar-refractivity contribution >= 4 is 0 Å². The quantitative estimate of drug-likeness (QED) is 0.645. The maximum Gasteiger partial charge on any atom is 0.191 e. The number of aliphatic hydroxyl groups is 3. The molecule has 0 spiro atoms. The summed E-state index contributed by atoms with van der Waals surface area (Å²) in [5.74, 6) is -2.31. The molecule has 1 aliphatic rings. The Morgan fingerprint density at radius 1 is 1.44 bits per heavy atom. The van der Waals surface area contributed by atoms with Crippen molar-refractivity contribution in [3.8, 4) is 0 Å². The third kappa shape index (κ3) is 2.56. The molecule has 1 aliphatic heterocycles. The second kappa shape index (κ2) is 5.21. The van der Waals surface area contributed by atoms with Gasteiger partial charge in [-0.2, -0.15) is 4.91 Å². The number of nitrogens with zero attached hydrogens (tertiary/aromatic N) is 1. The summed E-state index contributed by atoms with van der Waals surface area (Å²) < 4.78 is 5.35. The van der Waals surface area contributed by atoms with Crippen molar-refractivity contribution in [1.29, 1.82) is 0 Å². The van der Waals surface area contributed by atoms with Gasteiger partial charge >= 0.3 is 0 Å². The molecule has 106 valence electrons. The normalized spacial score (nSPS) is 41.7. The average Bonchev–Trinajstić information content (AvgIpc) is 2.27. The van der Waals surface area contributed by atoms with Crippen LogP contribution in [0.25, 0.3) is 0 Å². The summed E-state index contributed by atoms with van der Waals surface area (Å²) in [6.07, 6.45) is -1.12. The Morgan fingerprint density at radius 2 is 2.00 bits per heavy atom. The number of hydrogen-bond donors (Lipinski definition) is 3. The summed E-state index contributed by atoms with van der Waals surface area (Å²) in [7, 11) is 0. The van der Waals surface area contributed by atoms with Crippen LogP contribution in [0, 0.1) is 16.2 Å². The number of ether oxygens (including phenoxy) is 1. The van der Waals surface area contributed by atoms with Crippen LogP contribution >= 0.6 is 0 Å². The van der Waals surface area contributed by atoms with E-state index in [1.807, 2.05) is 20.8 Å². The highest BCUT2D eigenvalue weighted by Crippen LogP contribution is 2.44. The molecule has 5 unspecified atom stereocenters. The van der Waals surface area contributed by atoms with Crippen LogP contribution in [0.1, 0.15) is 34.1 Å². The lowest BCUT2D eigenvalue weighted by Gasteiger charge is -2.50. The zero-order valence-corrected chi connectivity index (χ0v) is 11.3. The Bertz CT molecular complexity index is 305. The zero-order valence-electron chi connectivity index (χ0n) is 11.3. The molecule has 5 atom stereocenters. The van der Waals surface area contributed by atoms with Crippen LogP contribution < -0.4 is 0 Å². The van der Waals surface area contributed by atoms with Gasteiger partial charge in [0.15, 0.2) is 11.8 Å². The minimum absolute atomic E-state index is 0.327. The Labute approximate surface area is 107 Å². The van der Waals surface area contributed by atoms with Crippen molar-refractivity contribution in [3.05, 3.63) is 4.91 Å². The van der Waals surface area contributed by atoms with Gasteiger partial charge in [-0.05, 0) is 12.3 Å². The fourth-order valence-corrected chi connectivity index (χ4v) is 2.69. The lowest BCUT2D eigenvalue weighted by Crippen LogP contribution is -2.63. The first kappa shape index (κ1) is 15.5. The SMILES string of the molecule is CCC(C)(C)C1C(CO)OC(C)(O)C(N=O)C1O. The van der Waals surface area contributed by atoms with Crippen LogP contribution in [0.3, 0.4) is 0 Å². The molecule has 1 rings (SSSR count). The summed E-state index contributed by atoms with van der Waals surface area (Å²) in [6, 6.07) is -1.25. The van der Waals surface area contributed by atoms with E-state index in [1.54, 1.807) is 0 Å². The van der Waals surface area contributed by atoms with Crippen LogP contribution in [-0.4, -0.2) is 46.0 Å². The first-order chi connectivity index (χ1) is 8.21. The lowest BCUT2D eigenvalue weighted by molar-refractivity contribution is -0.306. The number of hydrogen-bond acceptors (Lipinski definition) is 6. The molecule has 0 aromatic rings. The predicted octanol–water partition coefficient (Wildman–Crippen LogP) is 0.634. The molecular formula is C12H23NO5. The van der Waals surface area contributed by atoms with Gasteiger partial charge in [-0.1, -0.05) is 32.4 Å². The monoisotopic (exact) mass is 261 g/mol. The van der Waals surface area contributed by atoms with E-state index in [0.717, 1.165) is 6.42 Å². The minimum Gasteiger partial charge on any atom is -0.394 e. The summed E-state index contributed by atoms with van der Waals surface area (Å²) in [6.45, 7) is 6.76. The van der Waals surface area contributed by atoms with E-state index in [-0.39, 0.29) is 12.0 Å². The van der Waals surface area contributed by atoms with Crippen molar-refractivity contribution in [2.45, 2.75) is 58.2 Å². The van der Waals surface area contributed by atoms with Gasteiger partial charge in [-0.3, -0.25) is 0 Å². The van der Waals surface area contributed by atoms with Crippen molar-refractivity contribution in [3.63, 3.8) is 0 Å². The van der Waals surface area contributed by atoms with Crippen molar-refractivity contribution in [1.82, 2.24) is 0 Å². The Kier molecular flexibility index (Phi) is 4.48. The van der Waals surface area contributed by atoms with Crippen LogP contribution in [0.15, 0.2) is 5.18 Å². The van der Waals surface area contributed by atoms with Gasteiger partial charge in [-0.25, -0.2) is 0 Å². The number of aliphatic hydroxyl groups excluding tert-OH is 2. The fraction of sp³-hybridized carbons (Fsp3) is 1.00. The van der Waals surface area contributed by atoms with E-state index in [9.17, 15) is 20.2 Å². The Hall–Kier alpha value is -0.560. The largest absolute Gasteiger partial charge is 0.394 e. The summed E-state index contributed by atoms with van der Waals surface area (Å²) >= 11 is 0. The maximum absolute atomic E-state index is 10.8. The van der Waals surface area contributed by atoms with Crippen LogP contribution in [0.4, 0.5) is 0 Å². The van der Waals surface area contributed by atoms with E-state index in [1.165, 1.54) is 6.92 Å². The molecule has 6 nitrogen and oxygen atoms in total. The van der Waals surface area contributed by atoms with Crippen LogP contribution in [0.2, 0.25) is 0 Å². The number of nitroso groups, excluding NO2 is 1. The minimum atomic E-state index is -1.85. The molecule has 0 saturated carbocycles. The molecule has 0 amide bonds. The van der Waals surface area contributed by atoms with Crippen LogP contribution in [-0.2, 0) is 4.74 Å². The van der Waals surface area contributed by atoms with Gasteiger partial charge in [0.25, 0.3) is 0 Å². The molecule has 0 bridgehead atoms. The molecule has 0 aromatic heterocycles. The van der Waals surface area contributed by atoms with Crippen molar-refractivity contribution in [2.24, 2.45) is 16.5 Å². The average molecular weight is 261 g/mol. The zero-order chi connectivity index (χ0) is 14.1. The Morgan fingerprint density at radius 3 is 2.39 bits per heavy atom. The summed E-state index contributed by atoms with van der Waals surface area (Å²) in [5.41, 5.74) is -0.341. The smallest absolute Gasteiger partial charge is 0.191 e. The van der Waals surface area contributed by atoms with Crippen molar-refractivity contribution in [2.75, 3.05) is 6.61 Å². The highest BCUT2D eigenvalue weighted by Gasteiger charge is 2.55. The molecule has 0 aliphatic carbocycles. The van der Waals surface area contributed by atoms with E-state index in [4.69, 9.17) is 4.74 Å². The lowest BCUT2D eigenvalue weighted by atomic mass is 9.67. The molecule has 1 saturated heterocycles. The summed E-state index contributed by atoms with van der Waals surface area (Å²) in [4.78, 5) is 10.8. The second-order valence-corrected chi connectivity index (χ2v) is 5.80. The molecular weight excluding hydrogens is 238 g/mol. The molecule has 0 aromatic carbocycles. The van der Waals surface area contributed by atoms with E-state index in [0.29, 0.717) is 0 Å². The topological polar surface area (TPSA) is 99.4 Å². The fourth-order valence-electron chi connectivity index (χ4n) is 2.69. The van der Waals surface area contributed by atoms with Gasteiger partial charge in [0.05, 0.1) is 18.8 Å². The van der Waals surface area contributed by atoms with Gasteiger partial charge in [-0.15, -0.1) is 0 Å². The number of rotatable bonds is 4. The standard InChI is InChI=1S/C12H23NO5/c1-5-11(2,3)8-7(6-14)18-12(4,16)10(13-17)9(8)15/h7-10,14-16H,5-6H2,1-4H3. The molecule has 1 heterocycles. The van der Waals surface area contributed by atoms with E-state index >= 15 is 0 Å². The second-order valence-electron chi connectivity index (χ2n) is 5.80. The molecule has 1 fully saturated rings. The summed E-state index contributed by atoms with van der Waals surface area (Å²) in [5, 5.41) is 32.4. The maximum atomic E-state index is 10.8. The highest BCUT2D eigenvalue weighted by molar-refractivity contribution is 5.02. The van der Waals surface area contributed by atoms with E-state index < -0.39 is 30.0 Å². The predicted molar refractivity (Wildman–Crippen MR) is 65.7 cm³/mol. The van der Waals surface area contributed by atoms with Gasteiger partial charge in [0.2, 0.25) is 0 Å². The van der Waals surface area contributed by atoms with E-state index in [2.05, 4.69) is 5.18 Å². The third-order valence-corrected chi connectivity index (χ3v) is 4.14. The molecule has 6 heteroatoms. The van der Waals surface area contributed by atoms with Gasteiger partial charge in [0.1, 0.15) is 0 Å². The third-order valence-electron chi connectivity index (χ3n) is 4.14. The first-order valence-corrected chi connectivity index (χ1v) is 6.22. The van der Waals surface area contributed by atoms with Crippen molar-refractivity contribution < 1.29 is 20.1 Å². The van der Waals surface area contributed by atoms with Gasteiger partial charge in [0, 0.05) is 5.92 Å². The van der Waals surface area contributed by atoms with Gasteiger partial charge < -0.3 is 20.1 Å².